The zero-order valence-electron chi connectivity index (χ0n) is 52.8. The van der Waals surface area contributed by atoms with Crippen molar-refractivity contribution < 1.29 is 0 Å². The van der Waals surface area contributed by atoms with Crippen LogP contribution < -0.4 is 0 Å². The van der Waals surface area contributed by atoms with Crippen molar-refractivity contribution in [3.8, 4) is 67.9 Å². The molecule has 0 bridgehead atoms. The predicted molar refractivity (Wildman–Crippen MR) is 412 cm³/mol. The molecule has 21 aromatic rings. The number of hydrogen-bond donors (Lipinski definition) is 0. The number of fused-ring (bicyclic) bond motifs is 18. The Bertz CT molecular complexity index is 7000. The molecule has 6 aromatic heterocycles. The van der Waals surface area contributed by atoms with Crippen molar-refractivity contribution in [3.05, 3.63) is 333 Å². The lowest BCUT2D eigenvalue weighted by Gasteiger charge is -2.11. The van der Waals surface area contributed by atoms with Gasteiger partial charge in [-0.25, -0.2) is 0 Å². The molecule has 6 nitrogen and oxygen atoms in total. The summed E-state index contributed by atoms with van der Waals surface area (Å²) in [5, 5.41) is 24.3. The fraction of sp³-hybridized carbons (Fsp3) is 0. The second kappa shape index (κ2) is 21.0. The van der Waals surface area contributed by atoms with Gasteiger partial charge in [0.2, 0.25) is 0 Å². The van der Waals surface area contributed by atoms with Gasteiger partial charge in [-0.1, -0.05) is 164 Å². The molecule has 0 fully saturated rings. The van der Waals surface area contributed by atoms with E-state index < -0.39 is 0 Å². The summed E-state index contributed by atoms with van der Waals surface area (Å²) < 4.78 is 14.6. The summed E-state index contributed by atoms with van der Waals surface area (Å²) in [4.78, 5) is 0. The van der Waals surface area contributed by atoms with Gasteiger partial charge in [0.15, 0.2) is 0 Å². The molecule has 0 saturated carbocycles. The van der Waals surface area contributed by atoms with E-state index in [9.17, 15) is 5.26 Å². The summed E-state index contributed by atoms with van der Waals surface area (Å²) in [6.07, 6.45) is 0. The monoisotopic (exact) mass is 1260 g/mol. The molecular weight excluding hydrogens is 1210 g/mol. The first-order valence-electron chi connectivity index (χ1n) is 33.3. The van der Waals surface area contributed by atoms with E-state index in [1.54, 1.807) is 0 Å². The molecule has 7 heteroatoms. The lowest BCUT2D eigenvalue weighted by molar-refractivity contribution is 1.17. The van der Waals surface area contributed by atoms with Crippen molar-refractivity contribution >= 4 is 141 Å². The van der Waals surface area contributed by atoms with Crippen LogP contribution in [0.25, 0.3) is 191 Å². The topological polar surface area (TPSA) is 48.4 Å². The van der Waals surface area contributed by atoms with Crippen LogP contribution >= 0.6 is 11.3 Å². The van der Waals surface area contributed by atoms with Gasteiger partial charge in [-0.3, -0.25) is 0 Å². The average molecular weight is 1260 g/mol. The zero-order chi connectivity index (χ0) is 64.3. The highest BCUT2D eigenvalue weighted by Crippen LogP contribution is 2.46. The van der Waals surface area contributed by atoms with E-state index in [-0.39, 0.29) is 0 Å². The molecule has 0 aliphatic heterocycles. The molecule has 0 amide bonds. The van der Waals surface area contributed by atoms with Gasteiger partial charge < -0.3 is 22.8 Å². The first-order valence-corrected chi connectivity index (χ1v) is 34.2. The molecule has 98 heavy (non-hydrogen) atoms. The van der Waals surface area contributed by atoms with Crippen molar-refractivity contribution in [2.45, 2.75) is 0 Å². The molecule has 21 rings (SSSR count). The minimum Gasteiger partial charge on any atom is -0.309 e. The lowest BCUT2D eigenvalue weighted by atomic mass is 10.0. The van der Waals surface area contributed by atoms with Crippen LogP contribution in [0.4, 0.5) is 0 Å². The normalized spacial score (nSPS) is 12.1. The van der Waals surface area contributed by atoms with Gasteiger partial charge in [0.25, 0.3) is 0 Å². The SMILES string of the molecule is N#Cc1ccc(-n2c3ccccc3c3cc(-c4ccc5c(c4)c4ccccc4n5-c4cccc5c4sc4ccc(-c6cccc(-n7c8ccccc8c8cc(-c9ccc%10c(c9)c9ccccc9n%10-c9ccc%10c(c9)c9ccccc9n%10-c9ccccc9)ccc87)c6)cc45)ccc32)cc1. The molecule has 0 aliphatic carbocycles. The van der Waals surface area contributed by atoms with Crippen LogP contribution in [-0.4, -0.2) is 22.8 Å². The van der Waals surface area contributed by atoms with Crippen LogP contribution in [0, 0.1) is 11.3 Å². The van der Waals surface area contributed by atoms with Crippen LogP contribution in [0.15, 0.2) is 328 Å². The van der Waals surface area contributed by atoms with Crippen molar-refractivity contribution in [1.29, 1.82) is 5.26 Å². The Morgan fingerprint density at radius 1 is 0.214 bits per heavy atom. The van der Waals surface area contributed by atoms with Crippen molar-refractivity contribution in [3.63, 3.8) is 0 Å². The quantitative estimate of drug-likeness (QED) is 0.150. The highest BCUT2D eigenvalue weighted by molar-refractivity contribution is 7.26. The molecule has 0 atom stereocenters. The van der Waals surface area contributed by atoms with E-state index >= 15 is 0 Å². The van der Waals surface area contributed by atoms with Gasteiger partial charge in [0.1, 0.15) is 0 Å². The van der Waals surface area contributed by atoms with Gasteiger partial charge >= 0.3 is 0 Å². The van der Waals surface area contributed by atoms with E-state index in [4.69, 9.17) is 0 Å². The minimum atomic E-state index is 0.650. The summed E-state index contributed by atoms with van der Waals surface area (Å²) >= 11 is 1.87. The third-order valence-corrected chi connectivity index (χ3v) is 21.9. The summed E-state index contributed by atoms with van der Waals surface area (Å²) in [6, 6.07) is 123. The molecule has 0 aliphatic rings. The third-order valence-electron chi connectivity index (χ3n) is 20.7. The third kappa shape index (κ3) is 8.01. The van der Waals surface area contributed by atoms with E-state index in [0.29, 0.717) is 5.56 Å². The standard InChI is InChI=1S/C91H54N6S/c92-55-56-32-39-64(40-33-56)94-79-26-9-4-20-67(79)73-49-58(34-42-84(73)94)61-37-45-88-76(52-61)70-23-8-13-30-83(70)97(88)89-31-15-25-72-78-53-62(38-47-90(78)98-91(72)89)57-16-14-19-65(48-57)95-81-28-11-5-21-68(81)74-50-59(35-43-85(74)95)60-36-44-86-75(51-60)69-22-6-12-29-82(69)96(86)66-41-46-87-77(54-66)71-24-7-10-27-80(71)93(87)63-17-2-1-3-18-63/h1-54H. The molecule has 0 radical (unpaired) electrons. The number of nitrogens with zero attached hydrogens (tertiary/aromatic N) is 6. The molecule has 0 N–H and O–H groups in total. The number of hydrogen-bond acceptors (Lipinski definition) is 2. The Balaban J connectivity index is 0.626. The highest BCUT2D eigenvalue weighted by atomic mass is 32.1. The van der Waals surface area contributed by atoms with E-state index in [0.717, 1.165) is 39.3 Å². The average Bonchev–Trinajstić information content (AvgIpc) is 1.58. The summed E-state index contributed by atoms with van der Waals surface area (Å²) in [5.41, 5.74) is 25.1. The molecule has 15 aromatic carbocycles. The highest BCUT2D eigenvalue weighted by Gasteiger charge is 2.23. The maximum atomic E-state index is 9.54. The Labute approximate surface area is 566 Å². The van der Waals surface area contributed by atoms with Gasteiger partial charge in [0, 0.05) is 92.1 Å². The summed E-state index contributed by atoms with van der Waals surface area (Å²) in [6.45, 7) is 0. The van der Waals surface area contributed by atoms with E-state index in [2.05, 4.69) is 332 Å². The fourth-order valence-corrected chi connectivity index (χ4v) is 17.5. The first-order chi connectivity index (χ1) is 48.5. The van der Waals surface area contributed by atoms with Gasteiger partial charge in [0.05, 0.1) is 77.2 Å². The second-order valence-electron chi connectivity index (χ2n) is 25.9. The first kappa shape index (κ1) is 54.4. The van der Waals surface area contributed by atoms with Gasteiger partial charge in [-0.15, -0.1) is 11.3 Å². The molecule has 0 saturated heterocycles. The molecule has 454 valence electrons. The zero-order valence-corrected chi connectivity index (χ0v) is 53.6. The maximum Gasteiger partial charge on any atom is 0.0991 e. The smallest absolute Gasteiger partial charge is 0.0991 e. The lowest BCUT2D eigenvalue weighted by Crippen LogP contribution is -1.95. The molecule has 0 spiro atoms. The van der Waals surface area contributed by atoms with Crippen LogP contribution in [0.2, 0.25) is 0 Å². The Morgan fingerprint density at radius 3 is 1.03 bits per heavy atom. The van der Waals surface area contributed by atoms with Crippen LogP contribution in [0.1, 0.15) is 5.56 Å². The molecule has 6 heterocycles. The second-order valence-corrected chi connectivity index (χ2v) is 27.0. The molecule has 0 unspecified atom stereocenters. The predicted octanol–water partition coefficient (Wildman–Crippen LogP) is 24.4. The Hall–Kier alpha value is -13.0. The number of thiophene rings is 1. The number of para-hydroxylation sites is 6. The molecular formula is C91H54N6S. The van der Waals surface area contributed by atoms with Crippen LogP contribution in [-0.2, 0) is 0 Å². The number of benzene rings is 15. The van der Waals surface area contributed by atoms with Gasteiger partial charge in [-0.05, 0) is 197 Å². The Morgan fingerprint density at radius 2 is 0.541 bits per heavy atom. The fourth-order valence-electron chi connectivity index (χ4n) is 16.3. The number of nitriles is 1. The Kier molecular flexibility index (Phi) is 11.7. The van der Waals surface area contributed by atoms with Crippen molar-refractivity contribution in [2.75, 3.05) is 0 Å². The number of rotatable bonds is 8. The number of aromatic nitrogens is 5. The van der Waals surface area contributed by atoms with E-state index in [1.165, 1.54) is 152 Å². The van der Waals surface area contributed by atoms with Crippen molar-refractivity contribution in [1.82, 2.24) is 22.8 Å². The van der Waals surface area contributed by atoms with E-state index in [1.807, 2.05) is 35.6 Å². The summed E-state index contributed by atoms with van der Waals surface area (Å²) in [7, 11) is 0. The summed E-state index contributed by atoms with van der Waals surface area (Å²) in [5.74, 6) is 0. The maximum absolute atomic E-state index is 9.54. The van der Waals surface area contributed by atoms with Crippen LogP contribution in [0.3, 0.4) is 0 Å². The largest absolute Gasteiger partial charge is 0.309 e. The van der Waals surface area contributed by atoms with Gasteiger partial charge in [-0.2, -0.15) is 5.26 Å². The minimum absolute atomic E-state index is 0.650. The van der Waals surface area contributed by atoms with Crippen LogP contribution in [0.5, 0.6) is 0 Å². The van der Waals surface area contributed by atoms with Crippen molar-refractivity contribution in [2.24, 2.45) is 0 Å².